The van der Waals surface area contributed by atoms with Gasteiger partial charge < -0.3 is 9.74 Å². The molecule has 0 aliphatic carbocycles. The number of likely N-dealkylation sites (tertiary alicyclic amines) is 1. The first kappa shape index (κ1) is 17.0. The zero-order valence-electron chi connectivity index (χ0n) is 13.5. The molecule has 8 heteroatoms. The number of rotatable bonds is 3. The first-order chi connectivity index (χ1) is 11.8. The van der Waals surface area contributed by atoms with Crippen LogP contribution in [0.3, 0.4) is 0 Å². The van der Waals surface area contributed by atoms with Crippen molar-refractivity contribution in [3.8, 4) is 5.69 Å². The summed E-state index contributed by atoms with van der Waals surface area (Å²) in [5.41, 5.74) is 0.0175. The monoisotopic (exact) mass is 348 g/mol. The molecule has 3 rings (SSSR count). The molecule has 0 unspecified atom stereocenters. The maximum Gasteiger partial charge on any atom is 0.436 e. The van der Waals surface area contributed by atoms with Crippen LogP contribution in [0.2, 0.25) is 0 Å². The first-order valence-corrected chi connectivity index (χ1v) is 7.72. The summed E-state index contributed by atoms with van der Waals surface area (Å²) in [4.78, 5) is 16.6. The lowest BCUT2D eigenvalue weighted by Crippen LogP contribution is -2.23. The lowest BCUT2D eigenvalue weighted by Gasteiger charge is -2.15. The van der Waals surface area contributed by atoms with Crippen LogP contribution in [-0.2, 0) is 17.5 Å². The predicted molar refractivity (Wildman–Crippen MR) is 84.2 cm³/mol. The molecule has 5 nitrogen and oxygen atoms in total. The van der Waals surface area contributed by atoms with Crippen molar-refractivity contribution in [2.75, 3.05) is 6.54 Å². The van der Waals surface area contributed by atoms with Crippen LogP contribution in [0.25, 0.3) is 10.5 Å². The lowest BCUT2D eigenvalue weighted by atomic mass is 10.2. The van der Waals surface area contributed by atoms with Crippen molar-refractivity contribution in [2.45, 2.75) is 32.5 Å². The number of hydrogen-bond donors (Lipinski definition) is 0. The molecule has 0 bridgehead atoms. The number of alkyl halides is 3. The number of benzene rings is 1. The number of halogens is 3. The standard InChI is InChI=1S/C17H15F3N4O/c1-11-15(17(18,19)20)22-24(16(11)21-2)13-7-5-12(6-8-13)10-23-9-3-4-14(23)25/h5-8H,3-4,9-10H2,1H3. The number of carbonyl (C=O) groups is 1. The zero-order valence-corrected chi connectivity index (χ0v) is 13.5. The van der Waals surface area contributed by atoms with Gasteiger partial charge in [-0.1, -0.05) is 23.8 Å². The molecule has 0 N–H and O–H groups in total. The summed E-state index contributed by atoms with van der Waals surface area (Å²) in [6.07, 6.45) is -3.21. The first-order valence-electron chi connectivity index (χ1n) is 7.72. The molecule has 2 aromatic rings. The highest BCUT2D eigenvalue weighted by Crippen LogP contribution is 2.36. The van der Waals surface area contributed by atoms with E-state index in [0.717, 1.165) is 23.2 Å². The Kier molecular flexibility index (Phi) is 4.25. The van der Waals surface area contributed by atoms with Crippen LogP contribution in [0.1, 0.15) is 29.7 Å². The van der Waals surface area contributed by atoms with Crippen LogP contribution < -0.4 is 0 Å². The molecule has 1 aromatic heterocycles. The molecule has 1 aliphatic rings. The fraction of sp³-hybridized carbons (Fsp3) is 0.353. The minimum Gasteiger partial charge on any atom is -0.362 e. The molecule has 25 heavy (non-hydrogen) atoms. The van der Waals surface area contributed by atoms with E-state index < -0.39 is 11.9 Å². The van der Waals surface area contributed by atoms with Gasteiger partial charge in [-0.05, 0) is 31.0 Å². The Morgan fingerprint density at radius 1 is 1.28 bits per heavy atom. The molecule has 2 heterocycles. The van der Waals surface area contributed by atoms with Crippen LogP contribution >= 0.6 is 0 Å². The van der Waals surface area contributed by atoms with E-state index in [1.807, 2.05) is 0 Å². The smallest absolute Gasteiger partial charge is 0.362 e. The van der Waals surface area contributed by atoms with Gasteiger partial charge in [-0.15, -0.1) is 0 Å². The molecule has 0 saturated carbocycles. The van der Waals surface area contributed by atoms with Gasteiger partial charge in [-0.2, -0.15) is 17.9 Å². The van der Waals surface area contributed by atoms with Crippen molar-refractivity contribution >= 4 is 11.7 Å². The van der Waals surface area contributed by atoms with Crippen molar-refractivity contribution < 1.29 is 18.0 Å². The van der Waals surface area contributed by atoms with Gasteiger partial charge in [0.2, 0.25) is 5.91 Å². The Morgan fingerprint density at radius 2 is 1.96 bits per heavy atom. The highest BCUT2D eigenvalue weighted by Gasteiger charge is 2.39. The number of amides is 1. The molecule has 0 atom stereocenters. The molecule has 0 radical (unpaired) electrons. The number of hydrogen-bond acceptors (Lipinski definition) is 2. The Labute approximate surface area is 142 Å². The zero-order chi connectivity index (χ0) is 18.2. The number of carbonyl (C=O) groups excluding carboxylic acids is 1. The molecule has 130 valence electrons. The van der Waals surface area contributed by atoms with Gasteiger partial charge in [0.25, 0.3) is 5.82 Å². The quantitative estimate of drug-likeness (QED) is 0.790. The summed E-state index contributed by atoms with van der Waals surface area (Å²) < 4.78 is 40.0. The third-order valence-electron chi connectivity index (χ3n) is 4.19. The van der Waals surface area contributed by atoms with Crippen molar-refractivity contribution in [1.29, 1.82) is 0 Å². The Balaban J connectivity index is 1.90. The molecule has 1 fully saturated rings. The minimum absolute atomic E-state index is 0.108. The third kappa shape index (κ3) is 3.22. The Morgan fingerprint density at radius 3 is 2.48 bits per heavy atom. The lowest BCUT2D eigenvalue weighted by molar-refractivity contribution is -0.141. The van der Waals surface area contributed by atoms with Gasteiger partial charge in [0, 0.05) is 25.1 Å². The van der Waals surface area contributed by atoms with E-state index in [0.29, 0.717) is 18.7 Å². The molecular formula is C17H15F3N4O. The molecule has 1 aromatic carbocycles. The van der Waals surface area contributed by atoms with Gasteiger partial charge in [0.15, 0.2) is 5.69 Å². The summed E-state index contributed by atoms with van der Waals surface area (Å²) in [5.74, 6) is -0.0494. The summed E-state index contributed by atoms with van der Waals surface area (Å²) in [5, 5.41) is 3.58. The van der Waals surface area contributed by atoms with Gasteiger partial charge in [0.1, 0.15) is 5.69 Å². The van der Waals surface area contributed by atoms with Gasteiger partial charge in [-0.3, -0.25) is 4.79 Å². The SMILES string of the molecule is [C-]#[N+]c1c(C)c(C(F)(F)F)nn1-c1ccc(CN2CCCC2=O)cc1. The highest BCUT2D eigenvalue weighted by molar-refractivity contribution is 5.78. The van der Waals surface area contributed by atoms with Gasteiger partial charge in [-0.25, -0.2) is 0 Å². The average Bonchev–Trinajstić information content (AvgIpc) is 3.11. The van der Waals surface area contributed by atoms with Crippen LogP contribution in [0.4, 0.5) is 19.0 Å². The number of aromatic nitrogens is 2. The Hall–Kier alpha value is -2.82. The molecule has 1 saturated heterocycles. The van der Waals surface area contributed by atoms with Crippen molar-refractivity contribution in [2.24, 2.45) is 0 Å². The fourth-order valence-electron chi connectivity index (χ4n) is 2.90. The second kappa shape index (κ2) is 6.24. The summed E-state index contributed by atoms with van der Waals surface area (Å²) in [6.45, 7) is 9.59. The maximum absolute atomic E-state index is 13.0. The third-order valence-corrected chi connectivity index (χ3v) is 4.19. The molecular weight excluding hydrogens is 333 g/mol. The predicted octanol–water partition coefficient (Wildman–Crippen LogP) is 3.87. The average molecular weight is 348 g/mol. The van der Waals surface area contributed by atoms with E-state index in [-0.39, 0.29) is 17.3 Å². The summed E-state index contributed by atoms with van der Waals surface area (Å²) in [6, 6.07) is 6.69. The number of nitrogens with zero attached hydrogens (tertiary/aromatic N) is 4. The van der Waals surface area contributed by atoms with E-state index in [4.69, 9.17) is 6.57 Å². The normalized spacial score (nSPS) is 14.8. The Bertz CT molecular complexity index is 847. The van der Waals surface area contributed by atoms with Crippen LogP contribution in [0.5, 0.6) is 0 Å². The van der Waals surface area contributed by atoms with Crippen LogP contribution in [0, 0.1) is 13.5 Å². The fourth-order valence-corrected chi connectivity index (χ4v) is 2.90. The summed E-state index contributed by atoms with van der Waals surface area (Å²) in [7, 11) is 0. The molecule has 0 spiro atoms. The van der Waals surface area contributed by atoms with Gasteiger partial charge >= 0.3 is 6.18 Å². The second-order valence-electron chi connectivity index (χ2n) is 5.90. The van der Waals surface area contributed by atoms with Crippen LogP contribution in [0.15, 0.2) is 24.3 Å². The maximum atomic E-state index is 13.0. The minimum atomic E-state index is -4.61. The van der Waals surface area contributed by atoms with Crippen molar-refractivity contribution in [3.05, 3.63) is 52.5 Å². The molecule has 1 aliphatic heterocycles. The van der Waals surface area contributed by atoms with Crippen LogP contribution in [-0.4, -0.2) is 27.1 Å². The topological polar surface area (TPSA) is 42.5 Å². The van der Waals surface area contributed by atoms with E-state index >= 15 is 0 Å². The second-order valence-corrected chi connectivity index (χ2v) is 5.90. The molecule has 1 amide bonds. The highest BCUT2D eigenvalue weighted by atomic mass is 19.4. The van der Waals surface area contributed by atoms with Crippen molar-refractivity contribution in [3.63, 3.8) is 0 Å². The van der Waals surface area contributed by atoms with E-state index in [2.05, 4.69) is 9.94 Å². The van der Waals surface area contributed by atoms with E-state index in [1.54, 1.807) is 29.2 Å². The van der Waals surface area contributed by atoms with Crippen molar-refractivity contribution in [1.82, 2.24) is 14.7 Å². The van der Waals surface area contributed by atoms with E-state index in [9.17, 15) is 18.0 Å². The largest absolute Gasteiger partial charge is 0.436 e. The van der Waals surface area contributed by atoms with Gasteiger partial charge in [0.05, 0.1) is 0 Å². The summed E-state index contributed by atoms with van der Waals surface area (Å²) >= 11 is 0. The van der Waals surface area contributed by atoms with E-state index in [1.165, 1.54) is 6.92 Å².